The van der Waals surface area contributed by atoms with Crippen molar-refractivity contribution in [3.63, 3.8) is 0 Å². The lowest BCUT2D eigenvalue weighted by Gasteiger charge is -2.29. The Balaban J connectivity index is 1.91. The van der Waals surface area contributed by atoms with Gasteiger partial charge >= 0.3 is 59.7 Å². The van der Waals surface area contributed by atoms with Crippen LogP contribution in [0.25, 0.3) is 0 Å². The zero-order valence-electron chi connectivity index (χ0n) is 75.2. The normalized spacial score (nSPS) is 19.7. The van der Waals surface area contributed by atoms with Crippen molar-refractivity contribution in [3.05, 3.63) is 101 Å². The summed E-state index contributed by atoms with van der Waals surface area (Å²) < 4.78 is 104. The molecule has 0 radical (unpaired) electrons. The van der Waals surface area contributed by atoms with E-state index in [4.69, 9.17) is 71.3 Å². The number of esters is 1. The monoisotopic (exact) mass is 1980 g/mol. The Kier molecular flexibility index (Phi) is 51.8. The predicted molar refractivity (Wildman–Crippen MR) is 469 cm³/mol. The molecule has 0 saturated carbocycles. The van der Waals surface area contributed by atoms with E-state index in [1.165, 1.54) is 72.8 Å². The molecule has 1 heterocycles. The molecule has 134 heavy (non-hydrogen) atoms. The zero-order valence-corrected chi connectivity index (χ0v) is 78.6. The second-order valence-electron chi connectivity index (χ2n) is 29.7. The number of carbonyl (C=O) groups excluding carboxylic acids is 13. The summed E-state index contributed by atoms with van der Waals surface area (Å²) in [7, 11) is -5.44. The molecule has 4 rings (SSSR count). The van der Waals surface area contributed by atoms with Crippen molar-refractivity contribution in [1.82, 2.24) is 63.8 Å². The molecule has 1 saturated heterocycles. The lowest BCUT2D eigenvalue weighted by atomic mass is 10.0. The average molecular weight is 1980 g/mol. The van der Waals surface area contributed by atoms with Crippen LogP contribution in [-0.2, 0) is 137 Å². The molecule has 12 atom stereocenters. The first-order valence-corrected chi connectivity index (χ1v) is 47.1. The molecule has 49 nitrogen and oxygen atoms in total. The number of aliphatic hydroxyl groups is 4. The first kappa shape index (κ1) is 115. The van der Waals surface area contributed by atoms with Gasteiger partial charge in [-0.05, 0) is 105 Å². The second-order valence-corrected chi connectivity index (χ2v) is 35.4. The van der Waals surface area contributed by atoms with Crippen LogP contribution in [0.1, 0.15) is 147 Å². The van der Waals surface area contributed by atoms with Gasteiger partial charge in [-0.2, -0.15) is 0 Å². The van der Waals surface area contributed by atoms with Gasteiger partial charge in [0.1, 0.15) is 91.7 Å². The van der Waals surface area contributed by atoms with E-state index in [1.807, 2.05) is 10.6 Å². The van der Waals surface area contributed by atoms with Gasteiger partial charge < -0.3 is 127 Å². The highest BCUT2D eigenvalue weighted by molar-refractivity contribution is 7.49. The summed E-state index contributed by atoms with van der Waals surface area (Å²) in [5, 5.41) is 91.6. The fourth-order valence-electron chi connectivity index (χ4n) is 12.1. The van der Waals surface area contributed by atoms with Crippen LogP contribution in [0.5, 0.6) is 17.2 Å². The number of benzene rings is 3. The minimum atomic E-state index is -4.01. The van der Waals surface area contributed by atoms with E-state index in [9.17, 15) is 107 Å². The number of aliphatic hydroxyl groups excluding tert-OH is 4. The number of carboxylic acid groups (broad SMARTS) is 2. The Morgan fingerprint density at radius 1 is 0.485 bits per heavy atom. The van der Waals surface area contributed by atoms with Gasteiger partial charge in [-0.3, -0.25) is 75.1 Å². The van der Waals surface area contributed by atoms with Gasteiger partial charge in [0.05, 0.1) is 37.0 Å². The Hall–Kier alpha value is -11.2. The molecule has 0 bridgehead atoms. The number of aliphatic carboxylic acids is 2. The van der Waals surface area contributed by atoms with Crippen LogP contribution in [0, 0.1) is 0 Å². The molecule has 18 N–H and O–H groups in total. The number of cyclic esters (lactones) is 1. The van der Waals surface area contributed by atoms with Crippen LogP contribution in [0.2, 0.25) is 0 Å². The Labute approximate surface area is 776 Å². The number of ether oxygens (including phenoxy) is 4. The highest BCUT2D eigenvalue weighted by atomic mass is 35.5. The third-order valence-corrected chi connectivity index (χ3v) is 23.9. The SMILES string of the molecule is C/C=C1\NC(=O)C([C@@H](C)O)NC(=O)[C@H](CCNC(=O)OCc2ccc(OP(=O)(OC)OC)cc2)NC(=O)[C@H](CCCCNC(=O)OCc2ccc(OP(=O)(OC)OC)cc2)NC(=O)C(CC(=O)O)NC(=O)[C@H](CCNC(=O)OCc2ccc(OP(=O)(OC)OC)cc2)NC(=O)[C@H](NC(=O)C[C@@H](O)CCCCCCCCCCC)COC(=O)C([C@@H](O)CCl)NC(=O)C([C@H](O)C(=O)O)NC1=O. The first-order chi connectivity index (χ1) is 63.6. The van der Waals surface area contributed by atoms with E-state index in [-0.39, 0.29) is 49.7 Å². The van der Waals surface area contributed by atoms with Gasteiger partial charge in [-0.1, -0.05) is 107 Å². The largest absolute Gasteiger partial charge is 0.529 e. The second kappa shape index (κ2) is 60.2. The molecular weight excluding hydrogens is 1860 g/mol. The number of phosphoric acid groups is 3. The summed E-state index contributed by atoms with van der Waals surface area (Å²) in [5.41, 5.74) is 0.125. The van der Waals surface area contributed by atoms with Crippen molar-refractivity contribution in [2.45, 2.75) is 222 Å². The van der Waals surface area contributed by atoms with E-state index in [2.05, 4.69) is 60.1 Å². The van der Waals surface area contributed by atoms with Crippen LogP contribution in [0.3, 0.4) is 0 Å². The average Bonchev–Trinajstić information content (AvgIpc) is 0.837. The number of nitrogens with one attached hydrogen (secondary N) is 12. The van der Waals surface area contributed by atoms with Crippen LogP contribution >= 0.6 is 35.1 Å². The number of carbonyl (C=O) groups is 15. The standard InChI is InChI=1S/C81H120ClN12O37P3/c1-10-12-13-14-15-16-17-18-19-22-52(96)41-63(98)86-61-47-125-78(112)66(62(97)43-82)93-76(109)67(68(101)77(110)111)94-69(102)56(11-2)87-75(108)65(48(3)95)92-72(105)59(37-40-85-81(115)128-46-51-28-34-55(35-29-51)131-134(118,123-8)124-9)89-70(103)57(23-20-21-38-83-79(113)126-44-49-24-30-53(31-25-49)129-132(116,119-4)120-5)88-73(106)60(42-64(99)100)91-71(104)58(90-74(61)107)36-39-84-80(114)127-45-50-26-32-54(33-27-50)130-133(117,121-6)122-7/h11,24-35,48,52,57-62,65-68,95-97,101H,10,12-23,36-47H2,1-9H3,(H,83,113)(H,84,114)(H,85,115)(H,86,98)(H,87,108)(H,88,106)(H,89,103)(H,90,107)(H,91,104)(H,92,105)(H,93,109)(H,94,102)(H,99,100)(H,110,111)/b56-11-/t48-,52+,57+,58+,59+,60?,61-,62+,65?,66?,67?,68+/m1/s1. The molecule has 3 aromatic carbocycles. The number of carboxylic acids is 2. The first-order valence-electron chi connectivity index (χ1n) is 42.1. The van der Waals surface area contributed by atoms with Gasteiger partial charge in [0, 0.05) is 62.3 Å². The van der Waals surface area contributed by atoms with Gasteiger partial charge in [-0.15, -0.1) is 11.6 Å². The molecule has 0 aliphatic carbocycles. The number of alkyl carbamates (subject to hydrolysis) is 3. The molecule has 1 fully saturated rings. The van der Waals surface area contributed by atoms with E-state index < -0.39 is 262 Å². The number of phosphoric ester groups is 3. The number of alkyl halides is 1. The smallest absolute Gasteiger partial charge is 0.481 e. The number of rotatable bonds is 49. The van der Waals surface area contributed by atoms with Crippen LogP contribution in [0.4, 0.5) is 14.4 Å². The lowest BCUT2D eigenvalue weighted by molar-refractivity contribution is -0.155. The Morgan fingerprint density at radius 2 is 0.881 bits per heavy atom. The highest BCUT2D eigenvalue weighted by Gasteiger charge is 2.42. The van der Waals surface area contributed by atoms with Crippen molar-refractivity contribution in [3.8, 4) is 17.2 Å². The number of allylic oxidation sites excluding steroid dienone is 1. The Morgan fingerprint density at radius 3 is 1.29 bits per heavy atom. The van der Waals surface area contributed by atoms with Crippen LogP contribution in [0.15, 0.2) is 84.6 Å². The van der Waals surface area contributed by atoms with E-state index in [0.717, 1.165) is 108 Å². The van der Waals surface area contributed by atoms with Crippen molar-refractivity contribution in [2.75, 3.05) is 74.8 Å². The van der Waals surface area contributed by atoms with E-state index in [0.29, 0.717) is 29.5 Å². The quantitative estimate of drug-likeness (QED) is 0.00964. The maximum atomic E-state index is 15.1. The van der Waals surface area contributed by atoms with Gasteiger partial charge in [0.15, 0.2) is 12.1 Å². The molecule has 748 valence electrons. The summed E-state index contributed by atoms with van der Waals surface area (Å²) in [4.78, 5) is 211. The van der Waals surface area contributed by atoms with Gasteiger partial charge in [-0.25, -0.2) is 37.7 Å². The Bertz CT molecular complexity index is 4520. The summed E-state index contributed by atoms with van der Waals surface area (Å²) in [6.07, 6.45) is -7.51. The number of halogens is 1. The molecular formula is C81H120ClN12O37P3. The number of unbranched alkanes of at least 4 members (excludes halogenated alkanes) is 9. The molecule has 0 aromatic heterocycles. The fourth-order valence-corrected chi connectivity index (χ4v) is 14.3. The molecule has 1 aliphatic rings. The summed E-state index contributed by atoms with van der Waals surface area (Å²) >= 11 is 5.99. The third kappa shape index (κ3) is 42.2. The molecule has 0 spiro atoms. The number of hydrogen-bond acceptors (Lipinski definition) is 35. The minimum Gasteiger partial charge on any atom is -0.481 e. The van der Waals surface area contributed by atoms with E-state index in [1.54, 1.807) is 0 Å². The maximum absolute atomic E-state index is 15.1. The lowest BCUT2D eigenvalue weighted by Crippen LogP contribution is -2.62. The van der Waals surface area contributed by atoms with Crippen molar-refractivity contribution in [2.24, 2.45) is 0 Å². The van der Waals surface area contributed by atoms with Crippen LogP contribution < -0.4 is 77.4 Å². The zero-order chi connectivity index (χ0) is 99.7. The summed E-state index contributed by atoms with van der Waals surface area (Å²) in [5.74, 6) is -20.0. The number of hydrogen-bond donors (Lipinski definition) is 18. The van der Waals surface area contributed by atoms with E-state index >= 15 is 9.59 Å². The minimum absolute atomic E-state index is 0.00845. The van der Waals surface area contributed by atoms with Crippen molar-refractivity contribution in [1.29, 1.82) is 0 Å². The van der Waals surface area contributed by atoms with Crippen molar-refractivity contribution >= 4 is 124 Å². The molecule has 3 aromatic rings. The van der Waals surface area contributed by atoms with Gasteiger partial charge in [0.25, 0.3) is 5.91 Å². The van der Waals surface area contributed by atoms with Crippen molar-refractivity contribution < 1.29 is 176 Å². The summed E-state index contributed by atoms with van der Waals surface area (Å²) in [6, 6.07) is -1.56. The topological polar surface area (TPSA) is 693 Å². The third-order valence-electron chi connectivity index (χ3n) is 19.6. The maximum Gasteiger partial charge on any atom is 0.529 e. The molecule has 53 heteroatoms. The highest BCUT2D eigenvalue weighted by Crippen LogP contribution is 2.49. The molecule has 4 unspecified atom stereocenters. The fraction of sp³-hybridized carbons (Fsp3) is 0.568. The molecule has 1 aliphatic heterocycles. The summed E-state index contributed by atoms with van der Waals surface area (Å²) in [6.45, 7) is -0.0626. The van der Waals surface area contributed by atoms with Crippen LogP contribution in [-0.4, -0.2) is 268 Å². The number of amides is 12. The molecule has 12 amide bonds. The predicted octanol–water partition coefficient (Wildman–Crippen LogP) is 3.08. The van der Waals surface area contributed by atoms with Gasteiger partial charge in [0.2, 0.25) is 47.3 Å².